The molecular formula is C30H25F5N2O6. The lowest BCUT2D eigenvalue weighted by Crippen LogP contribution is -2.22. The molecule has 8 nitrogen and oxygen atoms in total. The molecule has 0 bridgehead atoms. The van der Waals surface area contributed by atoms with Crippen LogP contribution in [0.5, 0.6) is 28.7 Å². The summed E-state index contributed by atoms with van der Waals surface area (Å²) < 4.78 is 94.6. The second-order valence-electron chi connectivity index (χ2n) is 9.13. The number of benzene rings is 3. The molecule has 1 unspecified atom stereocenters. The Labute approximate surface area is 243 Å². The maximum Gasteiger partial charge on any atom is 0.349 e. The van der Waals surface area contributed by atoms with E-state index in [0.29, 0.717) is 35.8 Å². The molecular weight excluding hydrogens is 579 g/mol. The van der Waals surface area contributed by atoms with Crippen LogP contribution in [0.25, 0.3) is 0 Å². The number of allylic oxidation sites excluding steroid dienone is 1. The van der Waals surface area contributed by atoms with Gasteiger partial charge in [-0.15, -0.1) is 0 Å². The minimum absolute atomic E-state index is 0.119. The van der Waals surface area contributed by atoms with Crippen LogP contribution in [0, 0.1) is 40.4 Å². The van der Waals surface area contributed by atoms with E-state index in [2.05, 4.69) is 10.8 Å². The fourth-order valence-corrected chi connectivity index (χ4v) is 4.26. The van der Waals surface area contributed by atoms with Gasteiger partial charge in [0.2, 0.25) is 35.0 Å². The van der Waals surface area contributed by atoms with Gasteiger partial charge in [0.05, 0.1) is 19.1 Å². The maximum absolute atomic E-state index is 13.8. The van der Waals surface area contributed by atoms with Gasteiger partial charge >= 0.3 is 5.97 Å². The van der Waals surface area contributed by atoms with Crippen LogP contribution in [0.1, 0.15) is 43.7 Å². The Balaban J connectivity index is 1.58. The van der Waals surface area contributed by atoms with Gasteiger partial charge < -0.3 is 29.4 Å². The van der Waals surface area contributed by atoms with E-state index < -0.39 is 53.3 Å². The molecule has 43 heavy (non-hydrogen) atoms. The number of carbonyl (C=O) groups is 1. The third-order valence-corrected chi connectivity index (χ3v) is 6.28. The van der Waals surface area contributed by atoms with Gasteiger partial charge in [-0.25, -0.2) is 18.0 Å². The number of hydrogen-bond donors (Lipinski definition) is 1. The van der Waals surface area contributed by atoms with Crippen molar-refractivity contribution in [3.05, 3.63) is 88.1 Å². The third kappa shape index (κ3) is 6.43. The van der Waals surface area contributed by atoms with E-state index in [4.69, 9.17) is 24.7 Å². The van der Waals surface area contributed by atoms with Crippen molar-refractivity contribution >= 4 is 5.97 Å². The van der Waals surface area contributed by atoms with Gasteiger partial charge in [-0.05, 0) is 37.1 Å². The maximum atomic E-state index is 13.8. The highest BCUT2D eigenvalue weighted by atomic mass is 19.2. The lowest BCUT2D eigenvalue weighted by Gasteiger charge is -2.27. The minimum Gasteiger partial charge on any atom is -0.490 e. The van der Waals surface area contributed by atoms with Crippen LogP contribution in [0.3, 0.4) is 0 Å². The number of halogens is 5. The first kappa shape index (κ1) is 31.0. The van der Waals surface area contributed by atoms with Crippen LogP contribution in [-0.2, 0) is 4.79 Å². The number of hydrogen-bond acceptors (Lipinski definition) is 8. The number of nitrogens with two attached hydrogens (primary N) is 1. The fourth-order valence-electron chi connectivity index (χ4n) is 4.26. The molecule has 1 aliphatic heterocycles. The van der Waals surface area contributed by atoms with Crippen molar-refractivity contribution in [3.8, 4) is 34.8 Å². The summed E-state index contributed by atoms with van der Waals surface area (Å²) in [4.78, 5) is 12.3. The third-order valence-electron chi connectivity index (χ3n) is 6.28. The molecule has 1 heterocycles. The zero-order valence-corrected chi connectivity index (χ0v) is 22.9. The number of nitrogens with zero attached hydrogens (tertiary/aromatic N) is 1. The fraction of sp³-hybridized carbons (Fsp3) is 0.267. The first-order valence-electron chi connectivity index (χ1n) is 13.1. The highest BCUT2D eigenvalue weighted by Gasteiger charge is 2.32. The monoisotopic (exact) mass is 604 g/mol. The molecule has 2 N–H and O–H groups in total. The zero-order chi connectivity index (χ0) is 31.3. The largest absolute Gasteiger partial charge is 0.490 e. The highest BCUT2D eigenvalue weighted by Crippen LogP contribution is 2.45. The number of rotatable bonds is 11. The average Bonchev–Trinajstić information content (AvgIpc) is 2.99. The first-order valence-corrected chi connectivity index (χ1v) is 13.1. The molecule has 0 radical (unpaired) electrons. The van der Waals surface area contributed by atoms with Gasteiger partial charge in [0, 0.05) is 11.6 Å². The van der Waals surface area contributed by atoms with Crippen LogP contribution in [-0.4, -0.2) is 25.8 Å². The van der Waals surface area contributed by atoms with Crippen LogP contribution >= 0.6 is 0 Å². The van der Waals surface area contributed by atoms with E-state index in [9.17, 15) is 32.0 Å². The summed E-state index contributed by atoms with van der Waals surface area (Å²) in [6, 6.07) is 11.5. The number of esters is 1. The SMILES string of the molecule is CCCCOc1ccc(C2C(C#N)=C(N)Oc3cc(OC(=O)COc4c(F)c(F)c(F)c(F)c4F)ccc32)cc1OCC. The Kier molecular flexibility index (Phi) is 9.59. The Morgan fingerprint density at radius 2 is 1.63 bits per heavy atom. The summed E-state index contributed by atoms with van der Waals surface area (Å²) in [5, 5.41) is 9.88. The van der Waals surface area contributed by atoms with Crippen molar-refractivity contribution < 1.29 is 50.4 Å². The van der Waals surface area contributed by atoms with E-state index in [0.717, 1.165) is 12.8 Å². The second kappa shape index (κ2) is 13.3. The van der Waals surface area contributed by atoms with Gasteiger partial charge in [0.25, 0.3) is 0 Å². The summed E-state index contributed by atoms with van der Waals surface area (Å²) in [7, 11) is 0. The summed E-state index contributed by atoms with van der Waals surface area (Å²) in [5.41, 5.74) is 7.31. The molecule has 1 atom stereocenters. The summed E-state index contributed by atoms with van der Waals surface area (Å²) >= 11 is 0. The van der Waals surface area contributed by atoms with Crippen LogP contribution in [0.4, 0.5) is 22.0 Å². The predicted octanol–water partition coefficient (Wildman–Crippen LogP) is 6.16. The number of nitriles is 1. The number of fused-ring (bicyclic) bond motifs is 1. The van der Waals surface area contributed by atoms with E-state index in [1.165, 1.54) is 18.2 Å². The topological polar surface area (TPSA) is 113 Å². The molecule has 0 spiro atoms. The molecule has 226 valence electrons. The number of carbonyl (C=O) groups excluding carboxylic acids is 1. The molecule has 3 aromatic rings. The summed E-state index contributed by atoms with van der Waals surface area (Å²) in [5.74, 6) is -14.0. The Morgan fingerprint density at radius 3 is 2.28 bits per heavy atom. The van der Waals surface area contributed by atoms with Gasteiger partial charge in [-0.2, -0.15) is 14.0 Å². The molecule has 0 aromatic heterocycles. The van der Waals surface area contributed by atoms with Gasteiger partial charge in [-0.1, -0.05) is 25.5 Å². The van der Waals surface area contributed by atoms with Crippen molar-refractivity contribution in [1.82, 2.24) is 0 Å². The van der Waals surface area contributed by atoms with Gasteiger partial charge in [0.15, 0.2) is 23.9 Å². The van der Waals surface area contributed by atoms with E-state index in [-0.39, 0.29) is 23.0 Å². The molecule has 0 amide bonds. The van der Waals surface area contributed by atoms with Crippen LogP contribution < -0.4 is 29.4 Å². The highest BCUT2D eigenvalue weighted by molar-refractivity contribution is 5.74. The molecule has 0 saturated heterocycles. The van der Waals surface area contributed by atoms with Crippen LogP contribution in [0.15, 0.2) is 47.9 Å². The summed E-state index contributed by atoms with van der Waals surface area (Å²) in [6.45, 7) is 3.54. The Bertz CT molecular complexity index is 1590. The van der Waals surface area contributed by atoms with Gasteiger partial charge in [-0.3, -0.25) is 0 Å². The molecule has 3 aromatic carbocycles. The van der Waals surface area contributed by atoms with Crippen molar-refractivity contribution in [2.24, 2.45) is 5.73 Å². The Morgan fingerprint density at radius 1 is 0.930 bits per heavy atom. The lowest BCUT2D eigenvalue weighted by atomic mass is 9.83. The molecule has 0 aliphatic carbocycles. The van der Waals surface area contributed by atoms with Crippen molar-refractivity contribution in [3.63, 3.8) is 0 Å². The standard InChI is InChI=1S/C30H25F5N2O6/c1-3-5-10-40-19-9-6-15(11-21(19)39-4-2)23-17-8-7-16(12-20(17)43-30(37)18(23)13-36)42-22(38)14-41-29-27(34)25(32)24(31)26(33)28(29)35/h6-9,11-12,23H,3-5,10,14,37H2,1-2H3. The smallest absolute Gasteiger partial charge is 0.349 e. The van der Waals surface area contributed by atoms with Crippen molar-refractivity contribution in [1.29, 1.82) is 5.26 Å². The molecule has 0 saturated carbocycles. The van der Waals surface area contributed by atoms with Crippen molar-refractivity contribution in [2.75, 3.05) is 19.8 Å². The van der Waals surface area contributed by atoms with E-state index in [1.807, 2.05) is 13.8 Å². The summed E-state index contributed by atoms with van der Waals surface area (Å²) in [6.07, 6.45) is 1.81. The van der Waals surface area contributed by atoms with E-state index >= 15 is 0 Å². The first-order chi connectivity index (χ1) is 20.6. The number of ether oxygens (including phenoxy) is 5. The predicted molar refractivity (Wildman–Crippen MR) is 141 cm³/mol. The second-order valence-corrected chi connectivity index (χ2v) is 9.13. The van der Waals surface area contributed by atoms with Crippen molar-refractivity contribution in [2.45, 2.75) is 32.6 Å². The quantitative estimate of drug-likeness (QED) is 0.0692. The lowest BCUT2D eigenvalue weighted by molar-refractivity contribution is -0.136. The average molecular weight is 605 g/mol. The normalized spacial score (nSPS) is 14.0. The minimum atomic E-state index is -2.37. The molecule has 1 aliphatic rings. The Hall–Kier alpha value is -4.99. The number of unbranched alkanes of at least 4 members (excludes halogenated alkanes) is 1. The van der Waals surface area contributed by atoms with Gasteiger partial charge in [0.1, 0.15) is 23.1 Å². The van der Waals surface area contributed by atoms with E-state index in [1.54, 1.807) is 18.2 Å². The molecule has 0 fully saturated rings. The zero-order valence-electron chi connectivity index (χ0n) is 22.9. The van der Waals surface area contributed by atoms with Crippen LogP contribution in [0.2, 0.25) is 0 Å². The molecule has 13 heteroatoms. The molecule has 4 rings (SSSR count).